The highest BCUT2D eigenvalue weighted by Gasteiger charge is 2.09. The molecule has 0 aliphatic heterocycles. The fourth-order valence-electron chi connectivity index (χ4n) is 1.54. The number of benzene rings is 1. The minimum absolute atomic E-state index is 0.759. The molecule has 0 unspecified atom stereocenters. The number of ether oxygens (including phenoxy) is 1. The van der Waals surface area contributed by atoms with E-state index < -0.39 is 0 Å². The maximum Gasteiger partial charge on any atom is 0.127 e. The van der Waals surface area contributed by atoms with Crippen LogP contribution in [-0.4, -0.2) is 11.0 Å². The molecule has 0 aliphatic carbocycles. The Hall–Kier alpha value is -1.35. The minimum Gasteiger partial charge on any atom is -0.493 e. The third-order valence-corrected chi connectivity index (χ3v) is 3.28. The number of hydrogen-bond acceptors (Lipinski definition) is 3. The molecule has 2 nitrogen and oxygen atoms in total. The van der Waals surface area contributed by atoms with E-state index in [1.807, 2.05) is 24.4 Å². The molecule has 3 heteroatoms. The fourth-order valence-corrected chi connectivity index (χ4v) is 2.32. The Balaban J connectivity index is 2.37. The van der Waals surface area contributed by atoms with E-state index in [4.69, 9.17) is 4.74 Å². The summed E-state index contributed by atoms with van der Waals surface area (Å²) in [5.74, 6) is 0.955. The van der Waals surface area contributed by atoms with Gasteiger partial charge in [-0.25, -0.2) is 4.37 Å². The van der Waals surface area contributed by atoms with Crippen molar-refractivity contribution in [2.45, 2.75) is 20.3 Å². The number of rotatable bonds is 4. The van der Waals surface area contributed by atoms with E-state index in [2.05, 4.69) is 24.3 Å². The molecule has 2 aromatic rings. The highest BCUT2D eigenvalue weighted by molar-refractivity contribution is 7.09. The van der Waals surface area contributed by atoms with Crippen molar-refractivity contribution in [3.63, 3.8) is 0 Å². The smallest absolute Gasteiger partial charge is 0.127 e. The lowest BCUT2D eigenvalue weighted by atomic mass is 10.1. The van der Waals surface area contributed by atoms with Gasteiger partial charge in [-0.15, -0.1) is 0 Å². The normalized spacial score (nSPS) is 10.4. The Bertz CT molecular complexity index is 464. The van der Waals surface area contributed by atoms with Gasteiger partial charge in [0.05, 0.1) is 11.5 Å². The van der Waals surface area contributed by atoms with Gasteiger partial charge < -0.3 is 4.74 Å². The number of hydrogen-bond donors (Lipinski definition) is 0. The van der Waals surface area contributed by atoms with E-state index in [9.17, 15) is 0 Å². The molecule has 0 N–H and O–H groups in total. The summed E-state index contributed by atoms with van der Waals surface area (Å²) in [5, 5.41) is 0. The lowest BCUT2D eigenvalue weighted by Crippen LogP contribution is -1.96. The topological polar surface area (TPSA) is 22.1 Å². The Morgan fingerprint density at radius 3 is 2.81 bits per heavy atom. The number of aryl methyl sites for hydroxylation is 1. The molecule has 0 spiro atoms. The fraction of sp³-hybridized carbons (Fsp3) is 0.308. The van der Waals surface area contributed by atoms with Crippen LogP contribution in [0.5, 0.6) is 5.75 Å². The molecular formula is C13H15NOS. The average Bonchev–Trinajstić information content (AvgIpc) is 2.73. The third kappa shape index (κ3) is 2.25. The van der Waals surface area contributed by atoms with Crippen molar-refractivity contribution in [3.05, 3.63) is 36.0 Å². The molecule has 1 aromatic heterocycles. The quantitative estimate of drug-likeness (QED) is 0.798. The Morgan fingerprint density at radius 2 is 2.12 bits per heavy atom. The molecule has 0 bridgehead atoms. The van der Waals surface area contributed by atoms with Crippen molar-refractivity contribution in [2.24, 2.45) is 0 Å². The zero-order chi connectivity index (χ0) is 11.4. The highest BCUT2D eigenvalue weighted by Crippen LogP contribution is 2.34. The van der Waals surface area contributed by atoms with Gasteiger partial charge in [0.15, 0.2) is 0 Å². The van der Waals surface area contributed by atoms with Gasteiger partial charge in [-0.3, -0.25) is 0 Å². The van der Waals surface area contributed by atoms with Gasteiger partial charge in [-0.2, -0.15) is 0 Å². The largest absolute Gasteiger partial charge is 0.493 e. The van der Waals surface area contributed by atoms with E-state index in [0.717, 1.165) is 24.3 Å². The SMILES string of the molecule is CCCOc1ccccc1-c1sncc1C. The molecule has 0 saturated heterocycles. The first-order chi connectivity index (χ1) is 7.83. The van der Waals surface area contributed by atoms with Crippen molar-refractivity contribution in [1.82, 2.24) is 4.37 Å². The summed E-state index contributed by atoms with van der Waals surface area (Å²) in [5.41, 5.74) is 2.36. The van der Waals surface area contributed by atoms with Crippen molar-refractivity contribution in [2.75, 3.05) is 6.61 Å². The van der Waals surface area contributed by atoms with Crippen LogP contribution < -0.4 is 4.74 Å². The maximum absolute atomic E-state index is 5.74. The number of para-hydroxylation sites is 1. The second-order valence-corrected chi connectivity index (χ2v) is 4.48. The van der Waals surface area contributed by atoms with Gasteiger partial charge in [0.25, 0.3) is 0 Å². The van der Waals surface area contributed by atoms with Crippen molar-refractivity contribution >= 4 is 11.5 Å². The molecule has 84 valence electrons. The first-order valence-electron chi connectivity index (χ1n) is 5.46. The Kier molecular flexibility index (Phi) is 3.57. The first kappa shape index (κ1) is 11.1. The van der Waals surface area contributed by atoms with E-state index in [1.54, 1.807) is 0 Å². The summed E-state index contributed by atoms with van der Waals surface area (Å²) in [6, 6.07) is 8.15. The van der Waals surface area contributed by atoms with Gasteiger partial charge >= 0.3 is 0 Å². The zero-order valence-corrected chi connectivity index (χ0v) is 10.4. The monoisotopic (exact) mass is 233 g/mol. The van der Waals surface area contributed by atoms with Crippen LogP contribution in [0, 0.1) is 6.92 Å². The van der Waals surface area contributed by atoms with Gasteiger partial charge in [0.2, 0.25) is 0 Å². The molecular weight excluding hydrogens is 218 g/mol. The summed E-state index contributed by atoms with van der Waals surface area (Å²) in [6.07, 6.45) is 2.92. The number of nitrogens with zero attached hydrogens (tertiary/aromatic N) is 1. The summed E-state index contributed by atoms with van der Waals surface area (Å²) in [4.78, 5) is 1.20. The van der Waals surface area contributed by atoms with E-state index >= 15 is 0 Å². The summed E-state index contributed by atoms with van der Waals surface area (Å²) < 4.78 is 9.95. The minimum atomic E-state index is 0.759. The Morgan fingerprint density at radius 1 is 1.31 bits per heavy atom. The van der Waals surface area contributed by atoms with Gasteiger partial charge in [0, 0.05) is 11.8 Å². The van der Waals surface area contributed by atoms with E-state index in [-0.39, 0.29) is 0 Å². The van der Waals surface area contributed by atoms with Crippen LogP contribution >= 0.6 is 11.5 Å². The number of aromatic nitrogens is 1. The molecule has 2 rings (SSSR count). The van der Waals surface area contributed by atoms with Crippen molar-refractivity contribution < 1.29 is 4.74 Å². The molecule has 0 fully saturated rings. The molecule has 0 atom stereocenters. The predicted octanol–water partition coefficient (Wildman–Crippen LogP) is 3.91. The molecule has 0 radical (unpaired) electrons. The molecule has 0 amide bonds. The molecule has 0 aliphatic rings. The van der Waals surface area contributed by atoms with E-state index in [0.29, 0.717) is 0 Å². The van der Waals surface area contributed by atoms with Crippen molar-refractivity contribution in [3.8, 4) is 16.2 Å². The highest BCUT2D eigenvalue weighted by atomic mass is 32.1. The standard InChI is InChI=1S/C13H15NOS/c1-3-8-15-12-7-5-4-6-11(12)13-10(2)9-14-16-13/h4-7,9H,3,8H2,1-2H3. The third-order valence-electron chi connectivity index (χ3n) is 2.34. The summed E-state index contributed by atoms with van der Waals surface area (Å²) >= 11 is 1.52. The molecule has 16 heavy (non-hydrogen) atoms. The zero-order valence-electron chi connectivity index (χ0n) is 9.56. The van der Waals surface area contributed by atoms with Crippen LogP contribution in [0.25, 0.3) is 10.4 Å². The lowest BCUT2D eigenvalue weighted by Gasteiger charge is -2.09. The van der Waals surface area contributed by atoms with Crippen LogP contribution in [-0.2, 0) is 0 Å². The van der Waals surface area contributed by atoms with Gasteiger partial charge in [0.1, 0.15) is 5.75 Å². The maximum atomic E-state index is 5.74. The van der Waals surface area contributed by atoms with Gasteiger partial charge in [-0.1, -0.05) is 19.1 Å². The summed E-state index contributed by atoms with van der Waals surface area (Å²) in [6.45, 7) is 4.95. The lowest BCUT2D eigenvalue weighted by molar-refractivity contribution is 0.319. The van der Waals surface area contributed by atoms with E-state index in [1.165, 1.54) is 22.0 Å². The first-order valence-corrected chi connectivity index (χ1v) is 6.23. The summed E-state index contributed by atoms with van der Waals surface area (Å²) in [7, 11) is 0. The molecule has 0 saturated carbocycles. The van der Waals surface area contributed by atoms with Crippen LogP contribution in [0.15, 0.2) is 30.5 Å². The molecule has 1 heterocycles. The predicted molar refractivity (Wildman–Crippen MR) is 68.1 cm³/mol. The van der Waals surface area contributed by atoms with Crippen LogP contribution in [0.4, 0.5) is 0 Å². The van der Waals surface area contributed by atoms with Gasteiger partial charge in [-0.05, 0) is 42.6 Å². The molecule has 1 aromatic carbocycles. The van der Waals surface area contributed by atoms with Crippen LogP contribution in [0.3, 0.4) is 0 Å². The van der Waals surface area contributed by atoms with Crippen LogP contribution in [0.1, 0.15) is 18.9 Å². The average molecular weight is 233 g/mol. The van der Waals surface area contributed by atoms with Crippen molar-refractivity contribution in [1.29, 1.82) is 0 Å². The second kappa shape index (κ2) is 5.12. The Labute approximate surface area is 100 Å². The van der Waals surface area contributed by atoms with Crippen LogP contribution in [0.2, 0.25) is 0 Å². The second-order valence-electron chi connectivity index (χ2n) is 3.68.